The molecular formula is C20H18N4O2+. The van der Waals surface area contributed by atoms with Crippen LogP contribution in [-0.2, 0) is 11.4 Å². The van der Waals surface area contributed by atoms with Crippen LogP contribution in [0.5, 0.6) is 0 Å². The summed E-state index contributed by atoms with van der Waals surface area (Å²) in [7, 11) is 0. The fourth-order valence-corrected chi connectivity index (χ4v) is 2.87. The van der Waals surface area contributed by atoms with Crippen LogP contribution < -0.4 is 15.1 Å². The molecular weight excluding hydrogens is 328 g/mol. The maximum Gasteiger partial charge on any atom is 0.285 e. The van der Waals surface area contributed by atoms with Crippen LogP contribution in [0.15, 0.2) is 83.8 Å². The van der Waals surface area contributed by atoms with Crippen LogP contribution in [0.3, 0.4) is 0 Å². The quantitative estimate of drug-likeness (QED) is 0.836. The number of nitrogens with one attached hydrogen (secondary N) is 1. The fourth-order valence-electron chi connectivity index (χ4n) is 2.87. The van der Waals surface area contributed by atoms with Crippen molar-refractivity contribution >= 4 is 23.1 Å². The van der Waals surface area contributed by atoms with E-state index >= 15 is 0 Å². The third-order valence-corrected chi connectivity index (χ3v) is 4.20. The molecule has 4 rings (SSSR count). The van der Waals surface area contributed by atoms with E-state index in [0.717, 1.165) is 22.8 Å². The standard InChI is InChI=1S/C20H18N4O2/c25-13-15-5-4-8-17(11-15)23-10-9-19-22-18(12-24(19)14-23)20(26)21-16-6-2-1-3-7-16/h1-12,25H,13-14H2,(H,21,26)/q+1. The van der Waals surface area contributed by atoms with Crippen molar-refractivity contribution in [3.05, 3.63) is 84.3 Å². The van der Waals surface area contributed by atoms with Gasteiger partial charge < -0.3 is 10.4 Å². The van der Waals surface area contributed by atoms with Crippen molar-refractivity contribution in [2.45, 2.75) is 6.61 Å². The topological polar surface area (TPSA) is 70.8 Å². The highest BCUT2D eigenvalue weighted by Crippen LogP contribution is 2.22. The number of nitrogens with zero attached hydrogens (tertiary/aromatic N) is 3. The van der Waals surface area contributed by atoms with Gasteiger partial charge in [-0.2, -0.15) is 4.99 Å². The number of amides is 1. The van der Waals surface area contributed by atoms with Gasteiger partial charge in [0, 0.05) is 23.7 Å². The van der Waals surface area contributed by atoms with E-state index in [1.165, 1.54) is 0 Å². The molecule has 6 heteroatoms. The smallest absolute Gasteiger partial charge is 0.285 e. The number of benzene rings is 2. The first kappa shape index (κ1) is 16.3. The number of para-hydroxylation sites is 1. The largest absolute Gasteiger partial charge is 0.392 e. The summed E-state index contributed by atoms with van der Waals surface area (Å²) in [5, 5.41) is 12.2. The van der Waals surface area contributed by atoms with E-state index in [-0.39, 0.29) is 12.5 Å². The van der Waals surface area contributed by atoms with E-state index in [1.54, 1.807) is 6.20 Å². The molecule has 0 atom stereocenters. The van der Waals surface area contributed by atoms with Crippen molar-refractivity contribution in [2.75, 3.05) is 16.9 Å². The van der Waals surface area contributed by atoms with E-state index < -0.39 is 0 Å². The minimum atomic E-state index is -0.236. The monoisotopic (exact) mass is 346 g/mol. The second kappa shape index (κ2) is 6.95. The first-order valence-electron chi connectivity index (χ1n) is 8.31. The molecule has 0 bridgehead atoms. The Labute approximate surface area is 151 Å². The highest BCUT2D eigenvalue weighted by atomic mass is 16.3. The van der Waals surface area contributed by atoms with Crippen molar-refractivity contribution in [2.24, 2.45) is 4.99 Å². The third kappa shape index (κ3) is 3.28. The Kier molecular flexibility index (Phi) is 4.35. The van der Waals surface area contributed by atoms with Crippen LogP contribution in [0.1, 0.15) is 5.56 Å². The van der Waals surface area contributed by atoms with Crippen LogP contribution in [-0.4, -0.2) is 23.5 Å². The number of hydrogen-bond donors (Lipinski definition) is 2. The highest BCUT2D eigenvalue weighted by Gasteiger charge is 2.35. The molecule has 0 fully saturated rings. The Hall–Kier alpha value is -3.22. The minimum Gasteiger partial charge on any atom is -0.392 e. The third-order valence-electron chi connectivity index (χ3n) is 4.20. The zero-order valence-corrected chi connectivity index (χ0v) is 14.0. The maximum atomic E-state index is 12.4. The average molecular weight is 346 g/mol. The first-order valence-corrected chi connectivity index (χ1v) is 8.31. The molecule has 129 valence electrons. The van der Waals surface area contributed by atoms with Crippen LogP contribution in [0.25, 0.3) is 0 Å². The molecule has 1 amide bonds. The van der Waals surface area contributed by atoms with Crippen molar-refractivity contribution in [1.29, 1.82) is 0 Å². The number of carbonyl (C=O) groups excluding carboxylic acids is 1. The number of rotatable bonds is 4. The molecule has 0 aliphatic carbocycles. The SMILES string of the molecule is O=C(Nc1ccccc1)C1=C[N+]2CN(c3cccc(CO)c3)C=CC2=N1. The van der Waals surface area contributed by atoms with Crippen molar-refractivity contribution < 1.29 is 9.90 Å². The van der Waals surface area contributed by atoms with Gasteiger partial charge in [-0.15, -0.1) is 0 Å². The van der Waals surface area contributed by atoms with Gasteiger partial charge in [-0.05, 0) is 29.8 Å². The van der Waals surface area contributed by atoms with Gasteiger partial charge in [-0.3, -0.25) is 9.69 Å². The summed E-state index contributed by atoms with van der Waals surface area (Å²) in [5.74, 6) is 0.498. The average Bonchev–Trinajstić information content (AvgIpc) is 3.12. The molecule has 0 spiro atoms. The number of anilines is 2. The van der Waals surface area contributed by atoms with Gasteiger partial charge in [0.2, 0.25) is 6.67 Å². The summed E-state index contributed by atoms with van der Waals surface area (Å²) in [6.07, 6.45) is 5.55. The van der Waals surface area contributed by atoms with Crippen LogP contribution in [0.2, 0.25) is 0 Å². The number of hydrogen-bond acceptors (Lipinski definition) is 5. The molecule has 2 aliphatic rings. The van der Waals surface area contributed by atoms with E-state index in [0.29, 0.717) is 12.4 Å². The number of aliphatic hydroxyl groups excluding tert-OH is 1. The van der Waals surface area contributed by atoms with E-state index in [9.17, 15) is 9.90 Å². The summed E-state index contributed by atoms with van der Waals surface area (Å²) in [4.78, 5) is 20.8. The van der Waals surface area contributed by atoms with Crippen molar-refractivity contribution in [3.63, 3.8) is 0 Å². The molecule has 2 N–H and O–H groups in total. The lowest BCUT2D eigenvalue weighted by Crippen LogP contribution is -2.41. The lowest BCUT2D eigenvalue weighted by Gasteiger charge is -2.22. The minimum absolute atomic E-state index is 0.00548. The molecule has 0 saturated carbocycles. The van der Waals surface area contributed by atoms with Gasteiger partial charge in [0.25, 0.3) is 11.7 Å². The normalized spacial score (nSPS) is 16.1. The maximum absolute atomic E-state index is 12.4. The van der Waals surface area contributed by atoms with Gasteiger partial charge in [-0.25, -0.2) is 0 Å². The second-order valence-electron chi connectivity index (χ2n) is 6.03. The molecule has 6 nitrogen and oxygen atoms in total. The Bertz CT molecular complexity index is 918. The van der Waals surface area contributed by atoms with Crippen LogP contribution in [0.4, 0.5) is 11.4 Å². The second-order valence-corrected chi connectivity index (χ2v) is 6.03. The Morgan fingerprint density at radius 1 is 1.19 bits per heavy atom. The zero-order chi connectivity index (χ0) is 17.9. The van der Waals surface area contributed by atoms with E-state index in [2.05, 4.69) is 10.3 Å². The van der Waals surface area contributed by atoms with Gasteiger partial charge in [0.05, 0.1) is 6.61 Å². The van der Waals surface area contributed by atoms with Crippen LogP contribution in [0, 0.1) is 0 Å². The van der Waals surface area contributed by atoms with Crippen molar-refractivity contribution in [3.8, 4) is 0 Å². The summed E-state index contributed by atoms with van der Waals surface area (Å²) < 4.78 is 0. The molecule has 2 heterocycles. The van der Waals surface area contributed by atoms with Gasteiger partial charge in [-0.1, -0.05) is 35.2 Å². The molecule has 0 aromatic heterocycles. The first-order chi connectivity index (χ1) is 12.7. The zero-order valence-electron chi connectivity index (χ0n) is 14.0. The number of aliphatic imine (C=N–C) groups is 1. The molecule has 0 unspecified atom stereocenters. The number of aliphatic hydroxyl groups is 1. The summed E-state index contributed by atoms with van der Waals surface area (Å²) >= 11 is 0. The Morgan fingerprint density at radius 2 is 2.04 bits per heavy atom. The predicted molar refractivity (Wildman–Crippen MR) is 102 cm³/mol. The van der Waals surface area contributed by atoms with Gasteiger partial charge in [0.1, 0.15) is 0 Å². The van der Waals surface area contributed by atoms with E-state index in [1.807, 2.05) is 76.7 Å². The molecule has 1 radical (unpaired) electrons. The molecule has 2 aromatic carbocycles. The molecule has 26 heavy (non-hydrogen) atoms. The Balaban J connectivity index is 1.49. The van der Waals surface area contributed by atoms with Crippen LogP contribution >= 0.6 is 0 Å². The summed E-state index contributed by atoms with van der Waals surface area (Å²) in [6.45, 7) is 0.553. The molecule has 2 aromatic rings. The van der Waals surface area contributed by atoms with Crippen molar-refractivity contribution in [1.82, 2.24) is 4.90 Å². The number of fused-ring (bicyclic) bond motifs is 1. The summed E-state index contributed by atoms with van der Waals surface area (Å²) in [6, 6.07) is 17.0. The fraction of sp³-hybridized carbons (Fsp3) is 0.100. The highest BCUT2D eigenvalue weighted by molar-refractivity contribution is 6.10. The molecule has 2 aliphatic heterocycles. The lowest BCUT2D eigenvalue weighted by molar-refractivity contribution is -0.112. The van der Waals surface area contributed by atoms with E-state index in [4.69, 9.17) is 0 Å². The lowest BCUT2D eigenvalue weighted by atomic mass is 10.2. The number of amidine groups is 1. The Morgan fingerprint density at radius 3 is 2.85 bits per heavy atom. The predicted octanol–water partition coefficient (Wildman–Crippen LogP) is 2.50. The van der Waals surface area contributed by atoms with Gasteiger partial charge in [0.15, 0.2) is 11.9 Å². The summed E-state index contributed by atoms with van der Waals surface area (Å²) in [5.41, 5.74) is 2.94. The molecule has 0 saturated heterocycles. The van der Waals surface area contributed by atoms with Gasteiger partial charge >= 0.3 is 0 Å². The number of carbonyl (C=O) groups is 1.